The highest BCUT2D eigenvalue weighted by Gasteiger charge is 2.37. The van der Waals surface area contributed by atoms with E-state index in [2.05, 4.69) is 26.6 Å². The summed E-state index contributed by atoms with van der Waals surface area (Å²) in [6, 6.07) is 7.01. The monoisotopic (exact) mass is 401 g/mol. The van der Waals surface area contributed by atoms with Crippen LogP contribution in [0.2, 0.25) is 0 Å². The molecule has 1 aromatic carbocycles. The lowest BCUT2D eigenvalue weighted by atomic mass is 10.1. The molecule has 0 saturated carbocycles. The maximum atomic E-state index is 12.5. The summed E-state index contributed by atoms with van der Waals surface area (Å²) in [4.78, 5) is 26.8. The third-order valence-corrected chi connectivity index (χ3v) is 4.84. The molecule has 0 aliphatic carbocycles. The Bertz CT molecular complexity index is 561. The van der Waals surface area contributed by atoms with Crippen molar-refractivity contribution in [2.45, 2.75) is 37.8 Å². The van der Waals surface area contributed by atoms with E-state index in [1.165, 1.54) is 0 Å². The second-order valence-corrected chi connectivity index (χ2v) is 6.75. The summed E-state index contributed by atoms with van der Waals surface area (Å²) in [5, 5.41) is 6.13. The molecule has 0 aromatic heterocycles. The molecule has 2 N–H and O–H groups in total. The Morgan fingerprint density at radius 2 is 1.91 bits per heavy atom. The highest BCUT2D eigenvalue weighted by Crippen LogP contribution is 2.22. The van der Waals surface area contributed by atoms with E-state index in [-0.39, 0.29) is 36.3 Å². The summed E-state index contributed by atoms with van der Waals surface area (Å²) >= 11 is 3.37. The molecule has 5 nitrogen and oxygen atoms in total. The van der Waals surface area contributed by atoms with Gasteiger partial charge < -0.3 is 15.5 Å². The molecule has 2 heterocycles. The van der Waals surface area contributed by atoms with E-state index in [0.717, 1.165) is 42.4 Å². The van der Waals surface area contributed by atoms with Gasteiger partial charge in [0.25, 0.3) is 0 Å². The van der Waals surface area contributed by atoms with Gasteiger partial charge >= 0.3 is 0 Å². The molecule has 2 saturated heterocycles. The first-order valence-electron chi connectivity index (χ1n) is 7.75. The summed E-state index contributed by atoms with van der Waals surface area (Å²) in [6.07, 6.45) is 3.52. The molecule has 2 atom stereocenters. The van der Waals surface area contributed by atoms with Crippen LogP contribution < -0.4 is 10.6 Å². The van der Waals surface area contributed by atoms with Gasteiger partial charge in [-0.3, -0.25) is 9.59 Å². The van der Waals surface area contributed by atoms with Crippen LogP contribution in [-0.4, -0.2) is 41.9 Å². The van der Waals surface area contributed by atoms with Gasteiger partial charge in [-0.1, -0.05) is 15.9 Å². The van der Waals surface area contributed by atoms with Gasteiger partial charge in [0.2, 0.25) is 11.8 Å². The second-order valence-electron chi connectivity index (χ2n) is 5.83. The molecule has 1 aromatic rings. The van der Waals surface area contributed by atoms with E-state index in [1.807, 2.05) is 24.3 Å². The van der Waals surface area contributed by atoms with Crippen LogP contribution in [0.5, 0.6) is 0 Å². The lowest BCUT2D eigenvalue weighted by Gasteiger charge is -2.26. The summed E-state index contributed by atoms with van der Waals surface area (Å²) in [6.45, 7) is 1.56. The maximum absolute atomic E-state index is 12.5. The van der Waals surface area contributed by atoms with Crippen LogP contribution in [0, 0.1) is 0 Å². The van der Waals surface area contributed by atoms with E-state index < -0.39 is 0 Å². The van der Waals surface area contributed by atoms with Gasteiger partial charge in [0.1, 0.15) is 6.04 Å². The molecule has 0 spiro atoms. The maximum Gasteiger partial charge on any atom is 0.247 e. The topological polar surface area (TPSA) is 61.4 Å². The fourth-order valence-corrected chi connectivity index (χ4v) is 3.42. The van der Waals surface area contributed by atoms with Crippen molar-refractivity contribution >= 4 is 45.8 Å². The number of hydrogen-bond donors (Lipinski definition) is 2. The molecule has 0 radical (unpaired) electrons. The van der Waals surface area contributed by atoms with Gasteiger partial charge in [-0.05, 0) is 56.5 Å². The van der Waals surface area contributed by atoms with Crippen LogP contribution in [0.3, 0.4) is 0 Å². The minimum absolute atomic E-state index is 0. The smallest absolute Gasteiger partial charge is 0.247 e. The standard InChI is InChI=1S/C16H20BrN3O2.ClH/c17-11-5-7-12(8-6-11)19-15(21)14-4-2-10-20(14)16(22)13-3-1-9-18-13;/h5-8,13-14,18H,1-4,9-10H2,(H,19,21);1H/t13-,14?;/m0./s1. The van der Waals surface area contributed by atoms with Crippen molar-refractivity contribution in [3.63, 3.8) is 0 Å². The first-order chi connectivity index (χ1) is 10.6. The highest BCUT2D eigenvalue weighted by molar-refractivity contribution is 9.10. The number of likely N-dealkylation sites (tertiary alicyclic amines) is 1. The highest BCUT2D eigenvalue weighted by atomic mass is 79.9. The zero-order valence-electron chi connectivity index (χ0n) is 12.8. The average molecular weight is 403 g/mol. The molecule has 2 amide bonds. The number of hydrogen-bond acceptors (Lipinski definition) is 3. The lowest BCUT2D eigenvalue weighted by Crippen LogP contribution is -2.49. The van der Waals surface area contributed by atoms with Crippen molar-refractivity contribution in [3.8, 4) is 0 Å². The largest absolute Gasteiger partial charge is 0.329 e. The van der Waals surface area contributed by atoms with E-state index in [1.54, 1.807) is 4.90 Å². The predicted octanol–water partition coefficient (Wildman–Crippen LogP) is 2.55. The van der Waals surface area contributed by atoms with Crippen LogP contribution in [-0.2, 0) is 9.59 Å². The van der Waals surface area contributed by atoms with Gasteiger partial charge in [-0.2, -0.15) is 0 Å². The number of halogens is 2. The molecular weight excluding hydrogens is 382 g/mol. The Hall–Kier alpha value is -1.11. The fraction of sp³-hybridized carbons (Fsp3) is 0.500. The van der Waals surface area contributed by atoms with E-state index in [9.17, 15) is 9.59 Å². The first-order valence-corrected chi connectivity index (χ1v) is 8.55. The number of nitrogens with one attached hydrogen (secondary N) is 2. The van der Waals surface area contributed by atoms with Crippen LogP contribution in [0.1, 0.15) is 25.7 Å². The minimum Gasteiger partial charge on any atom is -0.329 e. The Morgan fingerprint density at radius 3 is 2.57 bits per heavy atom. The number of nitrogens with zero attached hydrogens (tertiary/aromatic N) is 1. The predicted molar refractivity (Wildman–Crippen MR) is 95.8 cm³/mol. The van der Waals surface area contributed by atoms with E-state index in [4.69, 9.17) is 0 Å². The zero-order chi connectivity index (χ0) is 15.5. The Labute approximate surface area is 150 Å². The van der Waals surface area contributed by atoms with Gasteiger partial charge in [-0.15, -0.1) is 12.4 Å². The molecule has 2 aliphatic rings. The van der Waals surface area contributed by atoms with E-state index >= 15 is 0 Å². The van der Waals surface area contributed by atoms with Crippen molar-refractivity contribution in [2.24, 2.45) is 0 Å². The van der Waals surface area contributed by atoms with Gasteiger partial charge in [-0.25, -0.2) is 0 Å². The summed E-state index contributed by atoms with van der Waals surface area (Å²) < 4.78 is 0.968. The normalized spacial score (nSPS) is 23.4. The van der Waals surface area contributed by atoms with Gasteiger partial charge in [0, 0.05) is 16.7 Å². The number of carbonyl (C=O) groups excluding carboxylic acids is 2. The van der Waals surface area contributed by atoms with Crippen molar-refractivity contribution in [1.82, 2.24) is 10.2 Å². The third kappa shape index (κ3) is 4.25. The number of rotatable bonds is 3. The molecule has 23 heavy (non-hydrogen) atoms. The average Bonchev–Trinajstić information content (AvgIpc) is 3.20. The summed E-state index contributed by atoms with van der Waals surface area (Å²) in [5.41, 5.74) is 0.756. The van der Waals surface area contributed by atoms with Crippen LogP contribution >= 0.6 is 28.3 Å². The third-order valence-electron chi connectivity index (χ3n) is 4.31. The molecule has 126 valence electrons. The molecular formula is C16H21BrClN3O2. The van der Waals surface area contributed by atoms with Gasteiger partial charge in [0.05, 0.1) is 6.04 Å². The zero-order valence-corrected chi connectivity index (χ0v) is 15.2. The summed E-state index contributed by atoms with van der Waals surface area (Å²) in [5.74, 6) is -0.0166. The second kappa shape index (κ2) is 8.13. The SMILES string of the molecule is Cl.O=C(Nc1ccc(Br)cc1)C1CCCN1C(=O)[C@@H]1CCCN1. The van der Waals surface area contributed by atoms with Crippen molar-refractivity contribution in [2.75, 3.05) is 18.4 Å². The number of carbonyl (C=O) groups is 2. The minimum atomic E-state index is -0.349. The molecule has 7 heteroatoms. The van der Waals surface area contributed by atoms with E-state index in [0.29, 0.717) is 6.54 Å². The molecule has 2 fully saturated rings. The molecule has 1 unspecified atom stereocenters. The molecule has 2 aliphatic heterocycles. The number of amides is 2. The first kappa shape index (κ1) is 18.2. The van der Waals surface area contributed by atoms with Crippen molar-refractivity contribution < 1.29 is 9.59 Å². The summed E-state index contributed by atoms with van der Waals surface area (Å²) in [7, 11) is 0. The van der Waals surface area contributed by atoms with Crippen LogP contribution in [0.15, 0.2) is 28.7 Å². The lowest BCUT2D eigenvalue weighted by molar-refractivity contribution is -0.138. The number of benzene rings is 1. The van der Waals surface area contributed by atoms with Crippen molar-refractivity contribution in [3.05, 3.63) is 28.7 Å². The fourth-order valence-electron chi connectivity index (χ4n) is 3.16. The number of anilines is 1. The van der Waals surface area contributed by atoms with Crippen molar-refractivity contribution in [1.29, 1.82) is 0 Å². The van der Waals surface area contributed by atoms with Crippen LogP contribution in [0.4, 0.5) is 5.69 Å². The Balaban J connectivity index is 0.00000192. The Morgan fingerprint density at radius 1 is 1.17 bits per heavy atom. The van der Waals surface area contributed by atoms with Crippen LogP contribution in [0.25, 0.3) is 0 Å². The van der Waals surface area contributed by atoms with Gasteiger partial charge in [0.15, 0.2) is 0 Å². The molecule has 3 rings (SSSR count). The Kier molecular flexibility index (Phi) is 6.44. The molecule has 0 bridgehead atoms. The quantitative estimate of drug-likeness (QED) is 0.817.